The second kappa shape index (κ2) is 5.61. The number of carbonyl (C=O) groups excluding carboxylic acids is 1. The van der Waals surface area contributed by atoms with Crippen molar-refractivity contribution < 1.29 is 4.79 Å². The second-order valence-corrected chi connectivity index (χ2v) is 6.46. The summed E-state index contributed by atoms with van der Waals surface area (Å²) in [6.07, 6.45) is 0. The van der Waals surface area contributed by atoms with E-state index in [2.05, 4.69) is 33.0 Å². The molecule has 0 aromatic heterocycles. The van der Waals surface area contributed by atoms with Crippen LogP contribution in [-0.2, 0) is 4.79 Å². The van der Waals surface area contributed by atoms with Crippen LogP contribution in [0.4, 0.5) is 0 Å². The Kier molecular flexibility index (Phi) is 5.52. The van der Waals surface area contributed by atoms with Crippen LogP contribution in [0.5, 0.6) is 0 Å². The van der Waals surface area contributed by atoms with Gasteiger partial charge in [-0.05, 0) is 13.8 Å². The van der Waals surface area contributed by atoms with Crippen LogP contribution in [0.2, 0.25) is 0 Å². The van der Waals surface area contributed by atoms with Gasteiger partial charge in [0.2, 0.25) is 5.91 Å². The van der Waals surface area contributed by atoms with Crippen molar-refractivity contribution >= 4 is 17.7 Å². The van der Waals surface area contributed by atoms with Crippen LogP contribution in [0, 0.1) is 0 Å². The van der Waals surface area contributed by atoms with E-state index in [1.54, 1.807) is 6.92 Å². The van der Waals surface area contributed by atoms with Crippen LogP contribution in [-0.4, -0.2) is 28.5 Å². The van der Waals surface area contributed by atoms with Crippen LogP contribution < -0.4 is 11.1 Å². The van der Waals surface area contributed by atoms with Crippen molar-refractivity contribution in [1.29, 1.82) is 0 Å². The lowest BCUT2D eigenvalue weighted by Gasteiger charge is -2.22. The molecule has 4 heteroatoms. The van der Waals surface area contributed by atoms with Gasteiger partial charge in [-0.15, -0.1) is 0 Å². The van der Waals surface area contributed by atoms with Crippen LogP contribution in [0.15, 0.2) is 0 Å². The molecule has 3 nitrogen and oxygen atoms in total. The smallest absolute Gasteiger partial charge is 0.234 e. The summed E-state index contributed by atoms with van der Waals surface area (Å²) in [7, 11) is 0. The first kappa shape index (κ1) is 13.8. The number of hydrogen-bond donors (Lipinski definition) is 2. The van der Waals surface area contributed by atoms with Crippen molar-refractivity contribution in [3.05, 3.63) is 0 Å². The molecule has 0 aromatic carbocycles. The lowest BCUT2D eigenvalue weighted by Crippen LogP contribution is -2.44. The minimum Gasteiger partial charge on any atom is -0.368 e. The molecule has 0 aromatic rings. The lowest BCUT2D eigenvalue weighted by atomic mass is 10.2. The molecule has 0 fully saturated rings. The number of carbonyl (C=O) groups is 1. The van der Waals surface area contributed by atoms with Crippen molar-refractivity contribution in [2.24, 2.45) is 5.73 Å². The van der Waals surface area contributed by atoms with Gasteiger partial charge in [-0.2, -0.15) is 11.8 Å². The quantitative estimate of drug-likeness (QED) is 0.733. The van der Waals surface area contributed by atoms with Gasteiger partial charge in [-0.1, -0.05) is 20.8 Å². The molecule has 1 amide bonds. The highest BCUT2D eigenvalue weighted by atomic mass is 32.2. The zero-order valence-electron chi connectivity index (χ0n) is 9.76. The maximum absolute atomic E-state index is 10.8. The van der Waals surface area contributed by atoms with Gasteiger partial charge < -0.3 is 11.1 Å². The first-order valence-electron chi connectivity index (χ1n) is 4.91. The average Bonchev–Trinajstić information content (AvgIpc) is 1.99. The Hall–Kier alpha value is -0.220. The summed E-state index contributed by atoms with van der Waals surface area (Å²) in [5.41, 5.74) is 5.16. The Bertz CT molecular complexity index is 189. The van der Waals surface area contributed by atoms with Crippen molar-refractivity contribution in [3.8, 4) is 0 Å². The van der Waals surface area contributed by atoms with Gasteiger partial charge in [-0.25, -0.2) is 0 Å². The molecule has 84 valence electrons. The molecule has 0 radical (unpaired) electrons. The zero-order chi connectivity index (χ0) is 11.4. The molecule has 14 heavy (non-hydrogen) atoms. The van der Waals surface area contributed by atoms with Gasteiger partial charge in [0.15, 0.2) is 0 Å². The molecule has 0 aliphatic rings. The average molecular weight is 218 g/mol. The predicted molar refractivity (Wildman–Crippen MR) is 63.5 cm³/mol. The molecule has 2 atom stereocenters. The number of nitrogens with two attached hydrogens (primary N) is 1. The third kappa shape index (κ3) is 7.21. The topological polar surface area (TPSA) is 55.1 Å². The lowest BCUT2D eigenvalue weighted by molar-refractivity contribution is -0.119. The van der Waals surface area contributed by atoms with E-state index in [0.29, 0.717) is 6.04 Å². The Labute approximate surface area is 91.2 Å². The predicted octanol–water partition coefficient (Wildman–Crippen LogP) is 1.37. The van der Waals surface area contributed by atoms with E-state index < -0.39 is 0 Å². The molecule has 0 spiro atoms. The SMILES string of the molecule is CC(CSC(C)(C)C)NC(C)C(N)=O. The maximum atomic E-state index is 10.8. The van der Waals surface area contributed by atoms with Gasteiger partial charge in [0.05, 0.1) is 6.04 Å². The molecule has 0 aliphatic heterocycles. The summed E-state index contributed by atoms with van der Waals surface area (Å²) in [6, 6.07) is 0.0623. The minimum atomic E-state index is -0.294. The van der Waals surface area contributed by atoms with Crippen LogP contribution in [0.1, 0.15) is 34.6 Å². The molecule has 0 aliphatic carbocycles. The number of nitrogens with one attached hydrogen (secondary N) is 1. The van der Waals surface area contributed by atoms with Crippen molar-refractivity contribution in [2.75, 3.05) is 5.75 Å². The van der Waals surface area contributed by atoms with Crippen molar-refractivity contribution in [3.63, 3.8) is 0 Å². The van der Waals surface area contributed by atoms with Gasteiger partial charge in [0.1, 0.15) is 0 Å². The maximum Gasteiger partial charge on any atom is 0.234 e. The first-order valence-corrected chi connectivity index (χ1v) is 5.90. The van der Waals surface area contributed by atoms with Crippen LogP contribution in [0.25, 0.3) is 0 Å². The van der Waals surface area contributed by atoms with E-state index in [9.17, 15) is 4.79 Å². The van der Waals surface area contributed by atoms with Crippen molar-refractivity contribution in [1.82, 2.24) is 5.32 Å². The van der Waals surface area contributed by atoms with E-state index in [-0.39, 0.29) is 16.7 Å². The van der Waals surface area contributed by atoms with Gasteiger partial charge >= 0.3 is 0 Å². The Morgan fingerprint density at radius 1 is 1.43 bits per heavy atom. The number of thioether (sulfide) groups is 1. The van der Waals surface area contributed by atoms with Crippen molar-refractivity contribution in [2.45, 2.75) is 51.4 Å². The fraction of sp³-hybridized carbons (Fsp3) is 0.900. The van der Waals surface area contributed by atoms with Crippen LogP contribution >= 0.6 is 11.8 Å². The highest BCUT2D eigenvalue weighted by Crippen LogP contribution is 2.23. The summed E-state index contributed by atoms with van der Waals surface area (Å²) in [5.74, 6) is 0.693. The van der Waals surface area contributed by atoms with E-state index in [1.165, 1.54) is 0 Å². The molecular weight excluding hydrogens is 196 g/mol. The third-order valence-corrected chi connectivity index (χ3v) is 3.26. The fourth-order valence-electron chi connectivity index (χ4n) is 0.932. The fourth-order valence-corrected chi connectivity index (χ4v) is 1.78. The molecule has 0 saturated heterocycles. The molecule has 0 rings (SSSR count). The minimum absolute atomic E-state index is 0.245. The monoisotopic (exact) mass is 218 g/mol. The van der Waals surface area contributed by atoms with E-state index in [0.717, 1.165) is 5.75 Å². The normalized spacial score (nSPS) is 16.4. The van der Waals surface area contributed by atoms with Gasteiger partial charge in [0, 0.05) is 16.5 Å². The Morgan fingerprint density at radius 3 is 2.29 bits per heavy atom. The zero-order valence-corrected chi connectivity index (χ0v) is 10.6. The molecule has 3 N–H and O–H groups in total. The molecular formula is C10H22N2OS. The van der Waals surface area contributed by atoms with E-state index in [1.807, 2.05) is 11.8 Å². The number of hydrogen-bond acceptors (Lipinski definition) is 3. The number of rotatable bonds is 5. The summed E-state index contributed by atoms with van der Waals surface area (Å²) in [5, 5.41) is 3.16. The van der Waals surface area contributed by atoms with E-state index >= 15 is 0 Å². The summed E-state index contributed by atoms with van der Waals surface area (Å²) < 4.78 is 0.270. The standard InChI is InChI=1S/C10H22N2OS/c1-7(6-14-10(3,4)5)12-8(2)9(11)13/h7-8,12H,6H2,1-5H3,(H2,11,13). The third-order valence-electron chi connectivity index (χ3n) is 1.73. The molecule has 0 saturated carbocycles. The Morgan fingerprint density at radius 2 is 1.93 bits per heavy atom. The molecule has 2 unspecified atom stereocenters. The number of amides is 1. The summed E-state index contributed by atoms with van der Waals surface area (Å²) >= 11 is 1.88. The highest BCUT2D eigenvalue weighted by molar-refractivity contribution is 8.00. The Balaban J connectivity index is 3.76. The van der Waals surface area contributed by atoms with Crippen LogP contribution in [0.3, 0.4) is 0 Å². The summed E-state index contributed by atoms with van der Waals surface area (Å²) in [6.45, 7) is 10.4. The summed E-state index contributed by atoms with van der Waals surface area (Å²) in [4.78, 5) is 10.8. The van der Waals surface area contributed by atoms with Gasteiger partial charge in [0.25, 0.3) is 0 Å². The molecule has 0 bridgehead atoms. The highest BCUT2D eigenvalue weighted by Gasteiger charge is 2.15. The molecule has 0 heterocycles. The van der Waals surface area contributed by atoms with Gasteiger partial charge in [-0.3, -0.25) is 4.79 Å². The second-order valence-electron chi connectivity index (χ2n) is 4.62. The largest absolute Gasteiger partial charge is 0.368 e. The number of primary amides is 1. The van der Waals surface area contributed by atoms with E-state index in [4.69, 9.17) is 5.73 Å². The first-order chi connectivity index (χ1) is 6.22.